The summed E-state index contributed by atoms with van der Waals surface area (Å²) >= 11 is 5.55. The highest BCUT2D eigenvalue weighted by Gasteiger charge is 2.35. The quantitative estimate of drug-likeness (QED) is 0.608. The van der Waals surface area contributed by atoms with Gasteiger partial charge in [-0.15, -0.1) is 13.2 Å². The third-order valence-corrected chi connectivity index (χ3v) is 4.05. The lowest BCUT2D eigenvalue weighted by Crippen LogP contribution is -2.40. The molecule has 0 saturated carbocycles. The van der Waals surface area contributed by atoms with Crippen molar-refractivity contribution < 1.29 is 17.9 Å². The predicted octanol–water partition coefficient (Wildman–Crippen LogP) is 3.18. The van der Waals surface area contributed by atoms with Crippen molar-refractivity contribution in [3.63, 3.8) is 0 Å². The van der Waals surface area contributed by atoms with Gasteiger partial charge >= 0.3 is 6.36 Å². The molecule has 0 aliphatic heterocycles. The minimum absolute atomic E-state index is 0.0127. The number of rotatable bonds is 2. The molecule has 0 aliphatic carbocycles. The van der Waals surface area contributed by atoms with Gasteiger partial charge in [0.2, 0.25) is 5.88 Å². The summed E-state index contributed by atoms with van der Waals surface area (Å²) in [5.74, 6) is -0.431. The van der Waals surface area contributed by atoms with Crippen LogP contribution >= 0.6 is 11.6 Å². The Labute approximate surface area is 97.4 Å². The van der Waals surface area contributed by atoms with Crippen molar-refractivity contribution >= 4 is 24.9 Å². The summed E-state index contributed by atoms with van der Waals surface area (Å²) in [5.41, 5.74) is 0. The van der Waals surface area contributed by atoms with Crippen molar-refractivity contribution in [1.82, 2.24) is 4.98 Å². The fourth-order valence-corrected chi connectivity index (χ4v) is 2.65. The number of hydrogen-bond donors (Lipinski definition) is 0. The van der Waals surface area contributed by atoms with E-state index in [0.29, 0.717) is 5.19 Å². The number of hydrogen-bond acceptors (Lipinski definition) is 2. The van der Waals surface area contributed by atoms with Crippen molar-refractivity contribution in [1.29, 1.82) is 0 Å². The highest BCUT2D eigenvalue weighted by Crippen LogP contribution is 2.23. The molecule has 7 heteroatoms. The number of ether oxygens (including phenoxy) is 1. The lowest BCUT2D eigenvalue weighted by Gasteiger charge is -2.20. The third-order valence-electron chi connectivity index (χ3n) is 1.85. The average Bonchev–Trinajstić information content (AvgIpc) is 1.97. The molecule has 0 atom stereocenters. The van der Waals surface area contributed by atoms with E-state index in [1.165, 1.54) is 6.07 Å². The molecule has 0 fully saturated rings. The van der Waals surface area contributed by atoms with Crippen LogP contribution in [0.15, 0.2) is 12.1 Å². The maximum atomic E-state index is 12.2. The largest absolute Gasteiger partial charge is 0.574 e. The molecule has 0 unspecified atom stereocenters. The SMILES string of the molecule is C[Si](C)(C)c1ccc(Cl)nc1OC(F)(F)F. The Hall–Kier alpha value is -0.753. The monoisotopic (exact) mass is 269 g/mol. The van der Waals surface area contributed by atoms with Crippen molar-refractivity contribution in [3.8, 4) is 5.88 Å². The van der Waals surface area contributed by atoms with Crippen LogP contribution in [-0.2, 0) is 0 Å². The van der Waals surface area contributed by atoms with Crippen LogP contribution in [0.3, 0.4) is 0 Å². The summed E-state index contributed by atoms with van der Waals surface area (Å²) in [6.07, 6.45) is -4.74. The molecule has 90 valence electrons. The molecule has 0 spiro atoms. The molecule has 0 aromatic carbocycles. The van der Waals surface area contributed by atoms with Gasteiger partial charge in [0.1, 0.15) is 5.15 Å². The minimum atomic E-state index is -4.74. The minimum Gasteiger partial charge on any atom is -0.388 e. The van der Waals surface area contributed by atoms with E-state index < -0.39 is 20.3 Å². The normalized spacial score (nSPS) is 12.7. The van der Waals surface area contributed by atoms with E-state index in [1.807, 2.05) is 19.6 Å². The fraction of sp³-hybridized carbons (Fsp3) is 0.444. The number of pyridine rings is 1. The maximum absolute atomic E-state index is 12.2. The van der Waals surface area contributed by atoms with E-state index in [4.69, 9.17) is 11.6 Å². The molecule has 0 aliphatic rings. The molecule has 0 saturated heterocycles. The number of aromatic nitrogens is 1. The Morgan fingerprint density at radius 1 is 1.25 bits per heavy atom. The van der Waals surface area contributed by atoms with Crippen LogP contribution in [0.5, 0.6) is 5.88 Å². The highest BCUT2D eigenvalue weighted by molar-refractivity contribution is 6.89. The molecular weight excluding hydrogens is 259 g/mol. The van der Waals surface area contributed by atoms with E-state index in [9.17, 15) is 13.2 Å². The van der Waals surface area contributed by atoms with Crippen LogP contribution in [0.25, 0.3) is 0 Å². The lowest BCUT2D eigenvalue weighted by atomic mass is 10.5. The Balaban J connectivity index is 3.19. The summed E-state index contributed by atoms with van der Waals surface area (Å²) in [7, 11) is -1.95. The maximum Gasteiger partial charge on any atom is 0.574 e. The zero-order chi connectivity index (χ0) is 12.6. The molecule has 16 heavy (non-hydrogen) atoms. The topological polar surface area (TPSA) is 22.1 Å². The van der Waals surface area contributed by atoms with Gasteiger partial charge in [0.25, 0.3) is 0 Å². The number of halogens is 4. The van der Waals surface area contributed by atoms with E-state index in [2.05, 4.69) is 9.72 Å². The molecular formula is C9H11ClF3NOSi. The number of alkyl halides is 3. The van der Waals surface area contributed by atoms with Gasteiger partial charge in [-0.3, -0.25) is 0 Å². The zero-order valence-corrected chi connectivity index (χ0v) is 10.8. The second-order valence-corrected chi connectivity index (χ2v) is 9.71. The molecule has 0 bridgehead atoms. The van der Waals surface area contributed by atoms with Gasteiger partial charge in [-0.1, -0.05) is 37.3 Å². The molecule has 0 amide bonds. The molecule has 1 aromatic rings. The van der Waals surface area contributed by atoms with Crippen molar-refractivity contribution in [2.45, 2.75) is 26.0 Å². The van der Waals surface area contributed by atoms with Gasteiger partial charge in [0.05, 0.1) is 8.07 Å². The molecule has 2 nitrogen and oxygen atoms in total. The Morgan fingerprint density at radius 3 is 2.25 bits per heavy atom. The van der Waals surface area contributed by atoms with Crippen molar-refractivity contribution in [2.24, 2.45) is 0 Å². The van der Waals surface area contributed by atoms with Crippen LogP contribution in [0.4, 0.5) is 13.2 Å². The second kappa shape index (κ2) is 4.25. The van der Waals surface area contributed by atoms with Gasteiger partial charge in [-0.25, -0.2) is 4.98 Å². The zero-order valence-electron chi connectivity index (χ0n) is 9.02. The first-order valence-corrected chi connectivity index (χ1v) is 8.40. The van der Waals surface area contributed by atoms with Gasteiger partial charge in [0.15, 0.2) is 0 Å². The van der Waals surface area contributed by atoms with E-state index in [1.54, 1.807) is 6.07 Å². The lowest BCUT2D eigenvalue weighted by molar-refractivity contribution is -0.275. The van der Waals surface area contributed by atoms with Gasteiger partial charge in [0, 0.05) is 5.19 Å². The van der Waals surface area contributed by atoms with E-state index in [-0.39, 0.29) is 5.15 Å². The Kier molecular flexibility index (Phi) is 3.54. The van der Waals surface area contributed by atoms with Crippen molar-refractivity contribution in [3.05, 3.63) is 17.3 Å². The Bertz CT molecular complexity index is 389. The smallest absolute Gasteiger partial charge is 0.388 e. The van der Waals surface area contributed by atoms with Crippen LogP contribution in [0.2, 0.25) is 24.8 Å². The van der Waals surface area contributed by atoms with Crippen molar-refractivity contribution in [2.75, 3.05) is 0 Å². The van der Waals surface area contributed by atoms with Gasteiger partial charge < -0.3 is 4.74 Å². The summed E-state index contributed by atoms with van der Waals surface area (Å²) < 4.78 is 40.3. The first-order valence-electron chi connectivity index (χ1n) is 4.52. The first-order chi connectivity index (χ1) is 7.09. The average molecular weight is 270 g/mol. The van der Waals surface area contributed by atoms with Gasteiger partial charge in [-0.2, -0.15) is 0 Å². The molecule has 1 rings (SSSR count). The highest BCUT2D eigenvalue weighted by atomic mass is 35.5. The van der Waals surface area contributed by atoms with E-state index >= 15 is 0 Å². The van der Waals surface area contributed by atoms with Crippen LogP contribution in [-0.4, -0.2) is 19.4 Å². The molecule has 0 N–H and O–H groups in total. The van der Waals surface area contributed by atoms with Gasteiger partial charge in [-0.05, 0) is 6.07 Å². The first kappa shape index (κ1) is 13.3. The molecule has 1 heterocycles. The molecule has 1 aromatic heterocycles. The second-order valence-electron chi connectivity index (χ2n) is 4.28. The standard InChI is InChI=1S/C9H11ClF3NOSi/c1-16(2,3)6-4-5-7(10)14-8(6)15-9(11,12)13/h4-5H,1-3H3. The van der Waals surface area contributed by atoms with Crippen LogP contribution in [0.1, 0.15) is 0 Å². The number of nitrogens with zero attached hydrogens (tertiary/aromatic N) is 1. The predicted molar refractivity (Wildman–Crippen MR) is 58.9 cm³/mol. The summed E-state index contributed by atoms with van der Waals surface area (Å²) in [6.45, 7) is 5.71. The fourth-order valence-electron chi connectivity index (χ4n) is 1.18. The third kappa shape index (κ3) is 3.68. The van der Waals surface area contributed by atoms with Crippen LogP contribution in [0, 0.1) is 0 Å². The summed E-state index contributed by atoms with van der Waals surface area (Å²) in [5, 5.41) is 0.482. The Morgan fingerprint density at radius 2 is 1.81 bits per heavy atom. The summed E-state index contributed by atoms with van der Waals surface area (Å²) in [6, 6.07) is 3.01. The van der Waals surface area contributed by atoms with E-state index in [0.717, 1.165) is 0 Å². The molecule has 0 radical (unpaired) electrons. The summed E-state index contributed by atoms with van der Waals surface area (Å²) in [4.78, 5) is 3.58. The van der Waals surface area contributed by atoms with Crippen LogP contribution < -0.4 is 9.92 Å².